The van der Waals surface area contributed by atoms with Crippen LogP contribution in [0.1, 0.15) is 23.2 Å². The van der Waals surface area contributed by atoms with Crippen LogP contribution in [0.15, 0.2) is 47.3 Å². The van der Waals surface area contributed by atoms with Gasteiger partial charge in [-0.25, -0.2) is 9.78 Å². The van der Waals surface area contributed by atoms with E-state index in [2.05, 4.69) is 15.0 Å². The highest BCUT2D eigenvalue weighted by Crippen LogP contribution is 2.30. The topological polar surface area (TPSA) is 88.2 Å². The quantitative estimate of drug-likeness (QED) is 0.652. The lowest BCUT2D eigenvalue weighted by atomic mass is 10.1. The lowest BCUT2D eigenvalue weighted by molar-refractivity contribution is 0.0827. The summed E-state index contributed by atoms with van der Waals surface area (Å²) in [5.74, 6) is 1.78. The average Bonchev–Trinajstić information content (AvgIpc) is 3.56. The van der Waals surface area contributed by atoms with Crippen molar-refractivity contribution in [2.24, 2.45) is 5.92 Å². The fourth-order valence-corrected chi connectivity index (χ4v) is 3.14. The van der Waals surface area contributed by atoms with Crippen molar-refractivity contribution in [3.8, 4) is 28.5 Å². The second-order valence-electron chi connectivity index (χ2n) is 7.50. The number of nitrogens with zero attached hydrogens (tertiary/aromatic N) is 3. The fraction of sp³-hybridized carbons (Fsp3) is 0.273. The SMILES string of the molecule is CN(C)C(=O)c1ccc(Cl)c(-c2nc(-c3ccc(OCC4CC4)cc3)nc(=O)[nH]2)c1. The predicted molar refractivity (Wildman–Crippen MR) is 115 cm³/mol. The molecule has 0 aliphatic heterocycles. The molecule has 1 aromatic heterocycles. The maximum Gasteiger partial charge on any atom is 0.348 e. The largest absolute Gasteiger partial charge is 0.493 e. The zero-order chi connectivity index (χ0) is 21.3. The van der Waals surface area contributed by atoms with Gasteiger partial charge in [-0.1, -0.05) is 11.6 Å². The van der Waals surface area contributed by atoms with Crippen molar-refractivity contribution in [2.75, 3.05) is 20.7 Å². The summed E-state index contributed by atoms with van der Waals surface area (Å²) in [5, 5.41) is 0.370. The Bertz CT molecular complexity index is 1140. The molecule has 0 spiro atoms. The van der Waals surface area contributed by atoms with Crippen LogP contribution in [0.2, 0.25) is 5.02 Å². The number of halogens is 1. The Labute approximate surface area is 178 Å². The molecule has 3 aromatic rings. The molecule has 1 aliphatic rings. The first-order valence-electron chi connectivity index (χ1n) is 9.64. The van der Waals surface area contributed by atoms with E-state index in [1.165, 1.54) is 17.7 Å². The van der Waals surface area contributed by atoms with Gasteiger partial charge in [-0.15, -0.1) is 0 Å². The molecule has 0 atom stereocenters. The molecule has 7 nitrogen and oxygen atoms in total. The molecule has 0 saturated heterocycles. The first-order valence-corrected chi connectivity index (χ1v) is 10.0. The maximum absolute atomic E-state index is 12.3. The Hall–Kier alpha value is -3.19. The van der Waals surface area contributed by atoms with Crippen LogP contribution in [0.5, 0.6) is 5.75 Å². The number of H-pyrrole nitrogens is 1. The van der Waals surface area contributed by atoms with Crippen LogP contribution in [0.3, 0.4) is 0 Å². The highest BCUT2D eigenvalue weighted by Gasteiger charge is 2.22. The molecule has 154 valence electrons. The summed E-state index contributed by atoms with van der Waals surface area (Å²) in [6, 6.07) is 12.2. The Morgan fingerprint density at radius 2 is 1.90 bits per heavy atom. The molecule has 1 saturated carbocycles. The summed E-state index contributed by atoms with van der Waals surface area (Å²) in [5.41, 5.74) is 1.02. The predicted octanol–water partition coefficient (Wildman–Crippen LogP) is 3.64. The lowest BCUT2D eigenvalue weighted by Crippen LogP contribution is -2.21. The molecule has 1 N–H and O–H groups in total. The highest BCUT2D eigenvalue weighted by atomic mass is 35.5. The van der Waals surface area contributed by atoms with Crippen LogP contribution in [0.4, 0.5) is 0 Å². The monoisotopic (exact) mass is 424 g/mol. The van der Waals surface area contributed by atoms with E-state index < -0.39 is 5.69 Å². The van der Waals surface area contributed by atoms with Gasteiger partial charge in [-0.05, 0) is 61.2 Å². The number of aromatic nitrogens is 3. The highest BCUT2D eigenvalue weighted by molar-refractivity contribution is 6.33. The standard InChI is InChI=1S/C22H21ClN4O3/c1-27(2)21(28)15-7-10-18(23)17(11-15)20-24-19(25-22(29)26-20)14-5-8-16(9-6-14)30-12-13-3-4-13/h5-11,13H,3-4,12H2,1-2H3,(H,24,25,26,29). The molecule has 30 heavy (non-hydrogen) atoms. The molecular weight excluding hydrogens is 404 g/mol. The van der Waals surface area contributed by atoms with Gasteiger partial charge in [0, 0.05) is 30.8 Å². The normalized spacial score (nSPS) is 13.2. The third-order valence-corrected chi connectivity index (χ3v) is 5.15. The number of hydrogen-bond acceptors (Lipinski definition) is 5. The van der Waals surface area contributed by atoms with Gasteiger partial charge in [0.05, 0.1) is 11.6 Å². The molecule has 1 amide bonds. The van der Waals surface area contributed by atoms with Crippen LogP contribution in [0.25, 0.3) is 22.8 Å². The first kappa shape index (κ1) is 20.1. The Kier molecular flexibility index (Phi) is 5.55. The number of benzene rings is 2. The number of hydrogen-bond donors (Lipinski definition) is 1. The number of carbonyl (C=O) groups excluding carboxylic acids is 1. The first-order chi connectivity index (χ1) is 14.4. The number of rotatable bonds is 6. The summed E-state index contributed by atoms with van der Waals surface area (Å²) < 4.78 is 5.75. The summed E-state index contributed by atoms with van der Waals surface area (Å²) >= 11 is 6.33. The minimum absolute atomic E-state index is 0.175. The second-order valence-corrected chi connectivity index (χ2v) is 7.91. The minimum Gasteiger partial charge on any atom is -0.493 e. The van der Waals surface area contributed by atoms with Gasteiger partial charge in [0.2, 0.25) is 0 Å². The van der Waals surface area contributed by atoms with Crippen LogP contribution in [-0.4, -0.2) is 46.5 Å². The Balaban J connectivity index is 1.66. The van der Waals surface area contributed by atoms with Gasteiger partial charge in [0.15, 0.2) is 5.82 Å². The Morgan fingerprint density at radius 1 is 1.17 bits per heavy atom. The molecule has 8 heteroatoms. The molecule has 1 heterocycles. The number of amides is 1. The van der Waals surface area contributed by atoms with Crippen molar-refractivity contribution < 1.29 is 9.53 Å². The molecule has 0 radical (unpaired) electrons. The average molecular weight is 425 g/mol. The van der Waals surface area contributed by atoms with Crippen LogP contribution >= 0.6 is 11.6 Å². The summed E-state index contributed by atoms with van der Waals surface area (Å²) in [6.07, 6.45) is 2.46. The second kappa shape index (κ2) is 8.28. The third kappa shape index (κ3) is 4.52. The van der Waals surface area contributed by atoms with Crippen molar-refractivity contribution in [1.82, 2.24) is 19.9 Å². The van der Waals surface area contributed by atoms with Crippen molar-refractivity contribution in [1.29, 1.82) is 0 Å². The molecular formula is C22H21ClN4O3. The zero-order valence-electron chi connectivity index (χ0n) is 16.7. The van der Waals surface area contributed by atoms with Crippen molar-refractivity contribution in [3.63, 3.8) is 0 Å². The molecule has 1 aliphatic carbocycles. The van der Waals surface area contributed by atoms with Gasteiger partial charge < -0.3 is 9.64 Å². The number of aromatic amines is 1. The Morgan fingerprint density at radius 3 is 2.57 bits per heavy atom. The van der Waals surface area contributed by atoms with E-state index in [9.17, 15) is 9.59 Å². The molecule has 1 fully saturated rings. The molecule has 2 aromatic carbocycles. The van der Waals surface area contributed by atoms with E-state index in [4.69, 9.17) is 16.3 Å². The van der Waals surface area contributed by atoms with E-state index in [0.29, 0.717) is 27.6 Å². The summed E-state index contributed by atoms with van der Waals surface area (Å²) in [7, 11) is 3.33. The summed E-state index contributed by atoms with van der Waals surface area (Å²) in [6.45, 7) is 0.728. The van der Waals surface area contributed by atoms with Gasteiger partial charge >= 0.3 is 5.69 Å². The summed E-state index contributed by atoms with van der Waals surface area (Å²) in [4.78, 5) is 37.0. The van der Waals surface area contributed by atoms with E-state index in [1.807, 2.05) is 24.3 Å². The maximum atomic E-state index is 12.3. The van der Waals surface area contributed by atoms with Crippen molar-refractivity contribution in [2.45, 2.75) is 12.8 Å². The third-order valence-electron chi connectivity index (χ3n) is 4.82. The smallest absolute Gasteiger partial charge is 0.348 e. The number of nitrogens with one attached hydrogen (secondary N) is 1. The van der Waals surface area contributed by atoms with Crippen molar-refractivity contribution >= 4 is 17.5 Å². The lowest BCUT2D eigenvalue weighted by Gasteiger charge is -2.12. The molecule has 0 unspecified atom stereocenters. The minimum atomic E-state index is -0.551. The van der Waals surface area contributed by atoms with Crippen LogP contribution in [-0.2, 0) is 0 Å². The fourth-order valence-electron chi connectivity index (χ4n) is 2.94. The van der Waals surface area contributed by atoms with Crippen LogP contribution in [0, 0.1) is 5.92 Å². The van der Waals surface area contributed by atoms with Gasteiger partial charge in [-0.2, -0.15) is 4.98 Å². The van der Waals surface area contributed by atoms with Crippen molar-refractivity contribution in [3.05, 3.63) is 63.5 Å². The zero-order valence-corrected chi connectivity index (χ0v) is 17.4. The van der Waals surface area contributed by atoms with Crippen LogP contribution < -0.4 is 10.4 Å². The van der Waals surface area contributed by atoms with E-state index in [1.54, 1.807) is 32.3 Å². The number of carbonyl (C=O) groups is 1. The van der Waals surface area contributed by atoms with E-state index >= 15 is 0 Å². The van der Waals surface area contributed by atoms with E-state index in [0.717, 1.165) is 12.4 Å². The molecule has 0 bridgehead atoms. The molecule has 4 rings (SSSR count). The van der Waals surface area contributed by atoms with Gasteiger partial charge in [0.1, 0.15) is 11.6 Å². The van der Waals surface area contributed by atoms with E-state index in [-0.39, 0.29) is 17.6 Å². The van der Waals surface area contributed by atoms with Gasteiger partial charge in [-0.3, -0.25) is 9.78 Å². The number of ether oxygens (including phenoxy) is 1. The van der Waals surface area contributed by atoms with Gasteiger partial charge in [0.25, 0.3) is 5.91 Å².